The van der Waals surface area contributed by atoms with Gasteiger partial charge in [0.1, 0.15) is 6.29 Å². The molecule has 4 heteroatoms. The van der Waals surface area contributed by atoms with Crippen molar-refractivity contribution in [2.45, 2.75) is 12.8 Å². The highest BCUT2D eigenvalue weighted by Crippen LogP contribution is 2.17. The molecule has 19 heavy (non-hydrogen) atoms. The van der Waals surface area contributed by atoms with Gasteiger partial charge in [-0.1, -0.05) is 12.1 Å². The van der Waals surface area contributed by atoms with Crippen molar-refractivity contribution in [3.8, 4) is 0 Å². The van der Waals surface area contributed by atoms with Gasteiger partial charge in [-0.3, -0.25) is 9.69 Å². The largest absolute Gasteiger partial charge is 0.369 e. The third-order valence-corrected chi connectivity index (χ3v) is 3.67. The molecule has 2 rings (SSSR count). The van der Waals surface area contributed by atoms with Crippen LogP contribution in [0.5, 0.6) is 0 Å². The SMILES string of the molecule is NCCCCN1CCN(c2cccc(C=O)c2)CC1. The summed E-state index contributed by atoms with van der Waals surface area (Å²) in [5, 5.41) is 0. The molecule has 0 radical (unpaired) electrons. The van der Waals surface area contributed by atoms with Crippen molar-refractivity contribution in [2.24, 2.45) is 5.73 Å². The maximum absolute atomic E-state index is 10.8. The van der Waals surface area contributed by atoms with Crippen LogP contribution in [0.2, 0.25) is 0 Å². The second kappa shape index (κ2) is 7.26. The van der Waals surface area contributed by atoms with Crippen molar-refractivity contribution in [1.82, 2.24) is 4.90 Å². The predicted molar refractivity (Wildman–Crippen MR) is 78.8 cm³/mol. The average Bonchev–Trinajstić information content (AvgIpc) is 2.48. The molecule has 1 aromatic carbocycles. The highest BCUT2D eigenvalue weighted by molar-refractivity contribution is 5.77. The number of unbranched alkanes of at least 4 members (excludes halogenated alkanes) is 1. The molecule has 1 aromatic rings. The van der Waals surface area contributed by atoms with Crippen LogP contribution in [-0.2, 0) is 0 Å². The van der Waals surface area contributed by atoms with Crippen LogP contribution in [0.4, 0.5) is 5.69 Å². The topological polar surface area (TPSA) is 49.6 Å². The van der Waals surface area contributed by atoms with E-state index in [1.165, 1.54) is 6.42 Å². The van der Waals surface area contributed by atoms with Crippen molar-refractivity contribution in [2.75, 3.05) is 44.2 Å². The molecule has 1 aliphatic heterocycles. The van der Waals surface area contributed by atoms with Gasteiger partial charge in [0, 0.05) is 37.4 Å². The van der Waals surface area contributed by atoms with Gasteiger partial charge in [-0.05, 0) is 38.1 Å². The van der Waals surface area contributed by atoms with Crippen molar-refractivity contribution in [3.05, 3.63) is 29.8 Å². The van der Waals surface area contributed by atoms with Gasteiger partial charge in [-0.15, -0.1) is 0 Å². The number of nitrogens with two attached hydrogens (primary N) is 1. The highest BCUT2D eigenvalue weighted by Gasteiger charge is 2.16. The molecule has 104 valence electrons. The highest BCUT2D eigenvalue weighted by atomic mass is 16.1. The molecule has 0 aromatic heterocycles. The number of benzene rings is 1. The van der Waals surface area contributed by atoms with E-state index in [4.69, 9.17) is 5.73 Å². The number of carbonyl (C=O) groups excluding carboxylic acids is 1. The van der Waals surface area contributed by atoms with E-state index in [1.807, 2.05) is 18.2 Å². The normalized spacial score (nSPS) is 16.6. The Bertz CT molecular complexity index is 400. The zero-order valence-corrected chi connectivity index (χ0v) is 11.4. The lowest BCUT2D eigenvalue weighted by molar-refractivity contribution is 0.112. The van der Waals surface area contributed by atoms with Gasteiger partial charge in [0.05, 0.1) is 0 Å². The fourth-order valence-electron chi connectivity index (χ4n) is 2.50. The molecule has 0 unspecified atom stereocenters. The molecule has 1 aliphatic rings. The summed E-state index contributed by atoms with van der Waals surface area (Å²) >= 11 is 0. The van der Waals surface area contributed by atoms with Gasteiger partial charge in [-0.2, -0.15) is 0 Å². The molecular weight excluding hydrogens is 238 g/mol. The van der Waals surface area contributed by atoms with Gasteiger partial charge in [0.25, 0.3) is 0 Å². The Morgan fingerprint density at radius 2 is 1.95 bits per heavy atom. The lowest BCUT2D eigenvalue weighted by atomic mass is 10.2. The van der Waals surface area contributed by atoms with Crippen molar-refractivity contribution in [3.63, 3.8) is 0 Å². The van der Waals surface area contributed by atoms with Crippen LogP contribution in [0.15, 0.2) is 24.3 Å². The summed E-state index contributed by atoms with van der Waals surface area (Å²) < 4.78 is 0. The van der Waals surface area contributed by atoms with E-state index < -0.39 is 0 Å². The zero-order chi connectivity index (χ0) is 13.5. The Balaban J connectivity index is 1.83. The summed E-state index contributed by atoms with van der Waals surface area (Å²) in [7, 11) is 0. The van der Waals surface area contributed by atoms with E-state index in [0.717, 1.165) is 63.2 Å². The van der Waals surface area contributed by atoms with Gasteiger partial charge in [-0.25, -0.2) is 0 Å². The number of hydrogen-bond donors (Lipinski definition) is 1. The molecule has 4 nitrogen and oxygen atoms in total. The van der Waals surface area contributed by atoms with E-state index in [-0.39, 0.29) is 0 Å². The number of nitrogens with zero attached hydrogens (tertiary/aromatic N) is 2. The summed E-state index contributed by atoms with van der Waals surface area (Å²) in [6.07, 6.45) is 3.21. The smallest absolute Gasteiger partial charge is 0.150 e. The van der Waals surface area contributed by atoms with E-state index in [2.05, 4.69) is 15.9 Å². The van der Waals surface area contributed by atoms with E-state index in [9.17, 15) is 4.79 Å². The van der Waals surface area contributed by atoms with Gasteiger partial charge in [0.15, 0.2) is 0 Å². The number of rotatable bonds is 6. The molecular formula is C15H23N3O. The van der Waals surface area contributed by atoms with Crippen LogP contribution >= 0.6 is 0 Å². The molecule has 1 heterocycles. The molecule has 0 atom stereocenters. The van der Waals surface area contributed by atoms with Crippen molar-refractivity contribution >= 4 is 12.0 Å². The molecule has 0 spiro atoms. The first-order valence-electron chi connectivity index (χ1n) is 7.06. The second-order valence-electron chi connectivity index (χ2n) is 5.04. The summed E-state index contributed by atoms with van der Waals surface area (Å²) in [6, 6.07) is 7.85. The summed E-state index contributed by atoms with van der Waals surface area (Å²) in [5.74, 6) is 0. The molecule has 0 bridgehead atoms. The Morgan fingerprint density at radius 3 is 2.63 bits per heavy atom. The van der Waals surface area contributed by atoms with Crippen LogP contribution in [-0.4, -0.2) is 50.5 Å². The maximum Gasteiger partial charge on any atom is 0.150 e. The van der Waals surface area contributed by atoms with E-state index in [1.54, 1.807) is 0 Å². The first-order chi connectivity index (χ1) is 9.33. The number of carbonyl (C=O) groups is 1. The quantitative estimate of drug-likeness (QED) is 0.620. The van der Waals surface area contributed by atoms with Gasteiger partial charge >= 0.3 is 0 Å². The van der Waals surface area contributed by atoms with Crippen LogP contribution in [0.1, 0.15) is 23.2 Å². The first kappa shape index (κ1) is 14.0. The van der Waals surface area contributed by atoms with Crippen molar-refractivity contribution in [1.29, 1.82) is 0 Å². The summed E-state index contributed by atoms with van der Waals surface area (Å²) in [4.78, 5) is 15.7. The fraction of sp³-hybridized carbons (Fsp3) is 0.533. The molecule has 2 N–H and O–H groups in total. The lowest BCUT2D eigenvalue weighted by Crippen LogP contribution is -2.46. The minimum Gasteiger partial charge on any atom is -0.369 e. The number of anilines is 1. The van der Waals surface area contributed by atoms with Crippen LogP contribution in [0, 0.1) is 0 Å². The van der Waals surface area contributed by atoms with Gasteiger partial charge < -0.3 is 10.6 Å². The monoisotopic (exact) mass is 261 g/mol. The van der Waals surface area contributed by atoms with Crippen LogP contribution in [0.3, 0.4) is 0 Å². The zero-order valence-electron chi connectivity index (χ0n) is 11.4. The number of aldehydes is 1. The Kier molecular flexibility index (Phi) is 5.36. The molecule has 1 fully saturated rings. The minimum absolute atomic E-state index is 0.753. The third kappa shape index (κ3) is 4.04. The second-order valence-corrected chi connectivity index (χ2v) is 5.04. The van der Waals surface area contributed by atoms with E-state index in [0.29, 0.717) is 0 Å². The molecule has 0 aliphatic carbocycles. The Labute approximate surface area is 115 Å². The minimum atomic E-state index is 0.753. The maximum atomic E-state index is 10.8. The van der Waals surface area contributed by atoms with Crippen LogP contribution in [0.25, 0.3) is 0 Å². The fourth-order valence-corrected chi connectivity index (χ4v) is 2.50. The van der Waals surface area contributed by atoms with Crippen molar-refractivity contribution < 1.29 is 4.79 Å². The number of piperazine rings is 1. The Morgan fingerprint density at radius 1 is 1.16 bits per heavy atom. The molecule has 1 saturated heterocycles. The molecule has 0 saturated carbocycles. The summed E-state index contributed by atoms with van der Waals surface area (Å²) in [6.45, 7) is 6.19. The van der Waals surface area contributed by atoms with E-state index >= 15 is 0 Å². The van der Waals surface area contributed by atoms with Crippen LogP contribution < -0.4 is 10.6 Å². The predicted octanol–water partition coefficient (Wildman–Crippen LogP) is 1.36. The Hall–Kier alpha value is -1.39. The standard InChI is InChI=1S/C15H23N3O/c16-6-1-2-7-17-8-10-18(11-9-17)15-5-3-4-14(12-15)13-19/h3-5,12-13H,1-2,6-11,16H2. The first-order valence-corrected chi connectivity index (χ1v) is 7.06. The third-order valence-electron chi connectivity index (χ3n) is 3.67. The lowest BCUT2D eigenvalue weighted by Gasteiger charge is -2.36. The summed E-state index contributed by atoms with van der Waals surface area (Å²) in [5.41, 5.74) is 7.43. The molecule has 0 amide bonds. The number of hydrogen-bond acceptors (Lipinski definition) is 4. The van der Waals surface area contributed by atoms with Gasteiger partial charge in [0.2, 0.25) is 0 Å². The average molecular weight is 261 g/mol.